The summed E-state index contributed by atoms with van der Waals surface area (Å²) in [4.78, 5) is 26.7. The third-order valence-corrected chi connectivity index (χ3v) is 7.50. The zero-order valence-electron chi connectivity index (χ0n) is 22.8. The molecule has 4 rings (SSSR count). The summed E-state index contributed by atoms with van der Waals surface area (Å²) < 4.78 is 76.2. The number of carbonyl (C=O) groups excluding carboxylic acids is 2. The molecule has 3 heterocycles. The number of piperidine rings is 1. The fraction of sp³-hybridized carbons (Fsp3) is 0.393. The molecule has 1 aliphatic rings. The Bertz CT molecular complexity index is 1470. The summed E-state index contributed by atoms with van der Waals surface area (Å²) in [5, 5.41) is -0.238. The van der Waals surface area contributed by atoms with Crippen molar-refractivity contribution in [1.82, 2.24) is 9.97 Å². The van der Waals surface area contributed by atoms with E-state index in [1.807, 2.05) is 18.7 Å². The third kappa shape index (κ3) is 8.51. The van der Waals surface area contributed by atoms with Gasteiger partial charge < -0.3 is 9.64 Å². The molecule has 1 aromatic carbocycles. The molecule has 1 aliphatic heterocycles. The third-order valence-electron chi connectivity index (χ3n) is 6.25. The number of aromatic nitrogens is 2. The number of nitrogens with zero attached hydrogens (tertiary/aromatic N) is 3. The van der Waals surface area contributed by atoms with E-state index < -0.39 is 27.5 Å². The minimum absolute atomic E-state index is 0.112. The van der Waals surface area contributed by atoms with Crippen molar-refractivity contribution in [2.24, 2.45) is 11.8 Å². The van der Waals surface area contributed by atoms with Crippen molar-refractivity contribution in [2.45, 2.75) is 44.8 Å². The first-order valence-electron chi connectivity index (χ1n) is 12.9. The van der Waals surface area contributed by atoms with Crippen LogP contribution in [0.15, 0.2) is 59.6 Å². The van der Waals surface area contributed by atoms with E-state index >= 15 is 0 Å². The highest BCUT2D eigenvalue weighted by Crippen LogP contribution is 2.40. The van der Waals surface area contributed by atoms with Gasteiger partial charge in [0.1, 0.15) is 17.4 Å². The van der Waals surface area contributed by atoms with Gasteiger partial charge in [-0.3, -0.25) is 4.72 Å². The molecule has 0 amide bonds. The van der Waals surface area contributed by atoms with Crippen LogP contribution < -0.4 is 14.4 Å². The normalized spacial score (nSPS) is 14.2. The van der Waals surface area contributed by atoms with Gasteiger partial charge in [0, 0.05) is 18.7 Å². The Morgan fingerprint density at radius 2 is 1.68 bits per heavy atom. The predicted octanol–water partition coefficient (Wildman–Crippen LogP) is 5.65. The van der Waals surface area contributed by atoms with E-state index in [1.165, 1.54) is 12.1 Å². The maximum Gasteiger partial charge on any atom is 0.418 e. The van der Waals surface area contributed by atoms with Gasteiger partial charge >= 0.3 is 12.3 Å². The summed E-state index contributed by atoms with van der Waals surface area (Å²) in [6, 6.07) is 12.8. The molecule has 1 saturated heterocycles. The highest BCUT2D eigenvalue weighted by Gasteiger charge is 2.36. The number of halogens is 3. The summed E-state index contributed by atoms with van der Waals surface area (Å²) >= 11 is 0. The van der Waals surface area contributed by atoms with Crippen molar-refractivity contribution in [3.63, 3.8) is 0 Å². The smallest absolute Gasteiger partial charge is 0.418 e. The van der Waals surface area contributed by atoms with Gasteiger partial charge in [0.25, 0.3) is 10.0 Å². The molecule has 3 aromatic rings. The molecule has 1 N–H and O–H groups in total. The molecule has 0 unspecified atom stereocenters. The molecule has 0 bridgehead atoms. The number of hydrogen-bond acceptors (Lipinski definition) is 8. The summed E-state index contributed by atoms with van der Waals surface area (Å²) in [6.45, 7) is 7.86. The van der Waals surface area contributed by atoms with Crippen LogP contribution in [0.4, 0.5) is 24.8 Å². The second-order valence-corrected chi connectivity index (χ2v) is 11.6. The van der Waals surface area contributed by atoms with Crippen LogP contribution in [0.25, 0.3) is 11.3 Å². The summed E-state index contributed by atoms with van der Waals surface area (Å²) in [6.07, 6.45) is -2.50. The second kappa shape index (κ2) is 13.6. The molecule has 9 nitrogen and oxygen atoms in total. The van der Waals surface area contributed by atoms with E-state index in [1.54, 1.807) is 30.3 Å². The van der Waals surface area contributed by atoms with Crippen molar-refractivity contribution in [3.8, 4) is 17.0 Å². The van der Waals surface area contributed by atoms with Gasteiger partial charge in [0.05, 0.1) is 17.9 Å². The number of sulfonamides is 1. The Kier molecular flexibility index (Phi) is 10.5. The number of alkyl halides is 3. The van der Waals surface area contributed by atoms with Gasteiger partial charge in [0.15, 0.2) is 5.03 Å². The SMILES string of the molecule is CC(C)COc1ccccc1-c1nc(NS(=O)(=O)c2cccc(N3CCC(C)CC3)n2)ccc1C(F)(F)F.O=C=O. The number of rotatable bonds is 8. The lowest BCUT2D eigenvalue weighted by Crippen LogP contribution is -2.33. The molecule has 0 aliphatic carbocycles. The second-order valence-electron chi connectivity index (χ2n) is 9.98. The Hall–Kier alpha value is -3.96. The average molecular weight is 593 g/mol. The molecule has 0 radical (unpaired) electrons. The number of benzene rings is 1. The van der Waals surface area contributed by atoms with Gasteiger partial charge in [0.2, 0.25) is 0 Å². The number of ether oxygens (including phenoxy) is 1. The van der Waals surface area contributed by atoms with E-state index in [0.717, 1.165) is 38.1 Å². The Balaban J connectivity index is 0.00000147. The van der Waals surface area contributed by atoms with Crippen molar-refractivity contribution in [2.75, 3.05) is 29.3 Å². The van der Waals surface area contributed by atoms with E-state index in [-0.39, 0.29) is 34.2 Å². The molecule has 0 spiro atoms. The number of nitrogens with one attached hydrogen (secondary N) is 1. The molecule has 13 heteroatoms. The number of pyridine rings is 2. The first-order chi connectivity index (χ1) is 19.4. The van der Waals surface area contributed by atoms with E-state index in [9.17, 15) is 21.6 Å². The number of para-hydroxylation sites is 1. The maximum absolute atomic E-state index is 13.9. The van der Waals surface area contributed by atoms with Gasteiger partial charge in [-0.05, 0) is 61.1 Å². The van der Waals surface area contributed by atoms with Crippen LogP contribution >= 0.6 is 0 Å². The molecule has 0 atom stereocenters. The Labute approximate surface area is 236 Å². The van der Waals surface area contributed by atoms with Gasteiger partial charge in [-0.1, -0.05) is 39.0 Å². The zero-order chi connectivity index (χ0) is 30.2. The average Bonchev–Trinajstić information content (AvgIpc) is 2.92. The van der Waals surface area contributed by atoms with Gasteiger partial charge in [-0.15, -0.1) is 0 Å². The van der Waals surface area contributed by atoms with Crippen LogP contribution in [0.3, 0.4) is 0 Å². The van der Waals surface area contributed by atoms with E-state index in [0.29, 0.717) is 18.3 Å². The fourth-order valence-electron chi connectivity index (χ4n) is 4.15. The van der Waals surface area contributed by atoms with Crippen molar-refractivity contribution in [3.05, 3.63) is 60.2 Å². The Morgan fingerprint density at radius 3 is 2.32 bits per heavy atom. The lowest BCUT2D eigenvalue weighted by molar-refractivity contribution is -0.191. The fourth-order valence-corrected chi connectivity index (χ4v) is 5.12. The lowest BCUT2D eigenvalue weighted by atomic mass is 9.99. The van der Waals surface area contributed by atoms with Crippen LogP contribution in [-0.4, -0.2) is 44.2 Å². The topological polar surface area (TPSA) is 119 Å². The van der Waals surface area contributed by atoms with Gasteiger partial charge in [-0.2, -0.15) is 31.2 Å². The quantitative estimate of drug-likeness (QED) is 0.357. The number of hydrogen-bond donors (Lipinski definition) is 1. The zero-order valence-corrected chi connectivity index (χ0v) is 23.6. The molecule has 1 fully saturated rings. The summed E-state index contributed by atoms with van der Waals surface area (Å²) in [5.41, 5.74) is -1.32. The van der Waals surface area contributed by atoms with E-state index in [4.69, 9.17) is 14.3 Å². The van der Waals surface area contributed by atoms with Crippen molar-refractivity contribution in [1.29, 1.82) is 0 Å². The Morgan fingerprint density at radius 1 is 1.02 bits per heavy atom. The van der Waals surface area contributed by atoms with Crippen LogP contribution in [0.2, 0.25) is 0 Å². The van der Waals surface area contributed by atoms with Crippen LogP contribution in [-0.2, 0) is 25.8 Å². The largest absolute Gasteiger partial charge is 0.493 e. The molecular weight excluding hydrogens is 561 g/mol. The lowest BCUT2D eigenvalue weighted by Gasteiger charge is -2.31. The van der Waals surface area contributed by atoms with Crippen molar-refractivity contribution < 1.29 is 35.9 Å². The molecule has 220 valence electrons. The molecule has 0 saturated carbocycles. The van der Waals surface area contributed by atoms with Crippen LogP contribution in [0.5, 0.6) is 5.75 Å². The maximum atomic E-state index is 13.9. The predicted molar refractivity (Wildman–Crippen MR) is 146 cm³/mol. The number of anilines is 2. The van der Waals surface area contributed by atoms with E-state index in [2.05, 4.69) is 21.6 Å². The monoisotopic (exact) mass is 592 g/mol. The first kappa shape index (κ1) is 31.6. The summed E-state index contributed by atoms with van der Waals surface area (Å²) in [7, 11) is -4.23. The minimum atomic E-state index is -4.72. The van der Waals surface area contributed by atoms with Crippen molar-refractivity contribution >= 4 is 27.8 Å². The highest BCUT2D eigenvalue weighted by molar-refractivity contribution is 7.92. The van der Waals surface area contributed by atoms with Crippen LogP contribution in [0.1, 0.15) is 39.2 Å². The molecule has 2 aromatic heterocycles. The van der Waals surface area contributed by atoms with Gasteiger partial charge in [-0.25, -0.2) is 9.97 Å². The van der Waals surface area contributed by atoms with Crippen LogP contribution in [0, 0.1) is 11.8 Å². The summed E-state index contributed by atoms with van der Waals surface area (Å²) in [5.74, 6) is 1.25. The molecule has 41 heavy (non-hydrogen) atoms. The standard InChI is InChI=1S/C27H31F3N4O3S.CO2/c1-18(2)17-37-22-8-5-4-7-20(22)26-21(27(28,29)30)11-12-23(31-26)33-38(35,36)25-10-6-9-24(32-25)34-15-13-19(3)14-16-34;2-1-3/h4-12,18-19H,13-17H2,1-3H3,(H,31,33);. The minimum Gasteiger partial charge on any atom is -0.493 e. The highest BCUT2D eigenvalue weighted by atomic mass is 32.2. The first-order valence-corrected chi connectivity index (χ1v) is 14.4. The molecular formula is C28H31F3N4O5S.